The number of fused-ring (bicyclic) bond motifs is 1. The number of halogens is 1. The van der Waals surface area contributed by atoms with Crippen LogP contribution in [0.15, 0.2) is 30.5 Å². The topological polar surface area (TPSA) is 53.6 Å². The molecule has 5 heteroatoms. The summed E-state index contributed by atoms with van der Waals surface area (Å²) in [4.78, 5) is 0. The Hall–Kier alpha value is -1.99. The zero-order chi connectivity index (χ0) is 12.5. The number of anilines is 1. The molecule has 2 heterocycles. The van der Waals surface area contributed by atoms with Gasteiger partial charge in [-0.25, -0.2) is 4.68 Å². The van der Waals surface area contributed by atoms with Crippen molar-refractivity contribution in [2.75, 3.05) is 11.9 Å². The third kappa shape index (κ3) is 1.73. The quantitative estimate of drug-likeness (QED) is 0.856. The molecule has 0 saturated carbocycles. The zero-order valence-corrected chi connectivity index (χ0v) is 10.4. The maximum atomic E-state index is 9.02. The van der Waals surface area contributed by atoms with Gasteiger partial charge in [0.1, 0.15) is 17.5 Å². The molecule has 3 rings (SSSR count). The van der Waals surface area contributed by atoms with Crippen LogP contribution in [-0.2, 0) is 0 Å². The van der Waals surface area contributed by atoms with E-state index in [1.807, 2.05) is 28.9 Å². The Bertz CT molecular complexity index is 626. The highest BCUT2D eigenvalue weighted by atomic mass is 35.5. The normalized spacial score (nSPS) is 17.7. The molecule has 1 aliphatic rings. The number of hydrogen-bond donors (Lipinski definition) is 1. The van der Waals surface area contributed by atoms with Crippen LogP contribution in [0, 0.1) is 11.3 Å². The molecule has 1 aliphatic heterocycles. The minimum absolute atomic E-state index is 0.141. The van der Waals surface area contributed by atoms with Crippen molar-refractivity contribution in [3.8, 4) is 6.07 Å². The highest BCUT2D eigenvalue weighted by Crippen LogP contribution is 2.31. The molecule has 0 spiro atoms. The number of hydrogen-bond acceptors (Lipinski definition) is 3. The van der Waals surface area contributed by atoms with Crippen LogP contribution < -0.4 is 5.32 Å². The second-order valence-electron chi connectivity index (χ2n) is 4.25. The van der Waals surface area contributed by atoms with Gasteiger partial charge in [-0.05, 0) is 24.1 Å². The number of rotatable bonds is 1. The molecule has 0 aliphatic carbocycles. The molecule has 18 heavy (non-hydrogen) atoms. The molecule has 90 valence electrons. The molecule has 1 N–H and O–H groups in total. The summed E-state index contributed by atoms with van der Waals surface area (Å²) in [7, 11) is 0. The van der Waals surface area contributed by atoms with Crippen molar-refractivity contribution in [3.05, 3.63) is 46.6 Å². The van der Waals surface area contributed by atoms with Crippen LogP contribution in [0.25, 0.3) is 0 Å². The third-order valence-corrected chi connectivity index (χ3v) is 3.39. The largest absolute Gasteiger partial charge is 0.369 e. The average molecular weight is 259 g/mol. The molecule has 0 fully saturated rings. The summed E-state index contributed by atoms with van der Waals surface area (Å²) in [5.41, 5.74) is 1.71. The lowest BCUT2D eigenvalue weighted by Crippen LogP contribution is -2.24. The Morgan fingerprint density at radius 3 is 3.17 bits per heavy atom. The van der Waals surface area contributed by atoms with Crippen LogP contribution in [0.5, 0.6) is 0 Å². The van der Waals surface area contributed by atoms with Crippen LogP contribution in [0.3, 0.4) is 0 Å². The van der Waals surface area contributed by atoms with E-state index >= 15 is 0 Å². The van der Waals surface area contributed by atoms with Crippen LogP contribution >= 0.6 is 11.6 Å². The van der Waals surface area contributed by atoms with Gasteiger partial charge in [-0.1, -0.05) is 23.7 Å². The van der Waals surface area contributed by atoms with Gasteiger partial charge in [0.25, 0.3) is 0 Å². The standard InChI is InChI=1S/C13H11ClN4/c14-11-3-1-2-9(6-11)12-4-5-16-13-10(7-15)8-17-18(12)13/h1-3,6,8,12,16H,4-5H2. The predicted octanol–water partition coefficient (Wildman–Crippen LogP) is 2.81. The lowest BCUT2D eigenvalue weighted by atomic mass is 10.0. The summed E-state index contributed by atoms with van der Waals surface area (Å²) in [5, 5.41) is 17.3. The summed E-state index contributed by atoms with van der Waals surface area (Å²) < 4.78 is 1.87. The summed E-state index contributed by atoms with van der Waals surface area (Å²) in [6.45, 7) is 0.831. The van der Waals surface area contributed by atoms with E-state index in [0.717, 1.165) is 29.4 Å². The first-order valence-corrected chi connectivity index (χ1v) is 6.14. The molecular weight excluding hydrogens is 248 g/mol. The fraction of sp³-hybridized carbons (Fsp3) is 0.231. The molecule has 0 saturated heterocycles. The molecule has 1 aromatic carbocycles. The van der Waals surface area contributed by atoms with E-state index in [4.69, 9.17) is 16.9 Å². The molecular formula is C13H11ClN4. The van der Waals surface area contributed by atoms with Crippen LogP contribution in [0.4, 0.5) is 5.82 Å². The lowest BCUT2D eigenvalue weighted by molar-refractivity contribution is 0.482. The van der Waals surface area contributed by atoms with Crippen LogP contribution in [0.2, 0.25) is 5.02 Å². The fourth-order valence-corrected chi connectivity index (χ4v) is 2.53. The van der Waals surface area contributed by atoms with Gasteiger partial charge in [-0.15, -0.1) is 0 Å². The van der Waals surface area contributed by atoms with Crippen molar-refractivity contribution in [1.29, 1.82) is 5.26 Å². The third-order valence-electron chi connectivity index (χ3n) is 3.15. The molecule has 0 amide bonds. The van der Waals surface area contributed by atoms with E-state index in [1.54, 1.807) is 6.20 Å². The maximum Gasteiger partial charge on any atom is 0.143 e. The van der Waals surface area contributed by atoms with Gasteiger partial charge in [-0.2, -0.15) is 10.4 Å². The Morgan fingerprint density at radius 2 is 2.39 bits per heavy atom. The van der Waals surface area contributed by atoms with Crippen molar-refractivity contribution in [2.45, 2.75) is 12.5 Å². The number of nitrogens with one attached hydrogen (secondary N) is 1. The van der Waals surface area contributed by atoms with Crippen molar-refractivity contribution < 1.29 is 0 Å². The van der Waals surface area contributed by atoms with Gasteiger partial charge < -0.3 is 5.32 Å². The number of aromatic nitrogens is 2. The maximum absolute atomic E-state index is 9.02. The number of benzene rings is 1. The first-order chi connectivity index (χ1) is 8.79. The highest BCUT2D eigenvalue weighted by Gasteiger charge is 2.24. The Morgan fingerprint density at radius 1 is 1.50 bits per heavy atom. The summed E-state index contributed by atoms with van der Waals surface area (Å²) in [5.74, 6) is 0.800. The van der Waals surface area contributed by atoms with Crippen molar-refractivity contribution in [3.63, 3.8) is 0 Å². The van der Waals surface area contributed by atoms with Gasteiger partial charge in [-0.3, -0.25) is 0 Å². The van der Waals surface area contributed by atoms with Gasteiger partial charge in [0.05, 0.1) is 12.2 Å². The molecule has 1 aromatic heterocycles. The monoisotopic (exact) mass is 258 g/mol. The number of nitrogens with zero attached hydrogens (tertiary/aromatic N) is 3. The minimum Gasteiger partial charge on any atom is -0.369 e. The molecule has 0 bridgehead atoms. The Kier molecular flexibility index (Phi) is 2.69. The molecule has 0 radical (unpaired) electrons. The molecule has 1 unspecified atom stereocenters. The van der Waals surface area contributed by atoms with E-state index in [0.29, 0.717) is 5.56 Å². The van der Waals surface area contributed by atoms with Gasteiger partial charge >= 0.3 is 0 Å². The number of nitriles is 1. The second-order valence-corrected chi connectivity index (χ2v) is 4.69. The molecule has 4 nitrogen and oxygen atoms in total. The van der Waals surface area contributed by atoms with E-state index in [-0.39, 0.29) is 6.04 Å². The van der Waals surface area contributed by atoms with Crippen LogP contribution in [0.1, 0.15) is 23.6 Å². The summed E-state index contributed by atoms with van der Waals surface area (Å²) in [6.07, 6.45) is 2.53. The molecule has 2 aromatic rings. The van der Waals surface area contributed by atoms with E-state index in [9.17, 15) is 0 Å². The first-order valence-electron chi connectivity index (χ1n) is 5.76. The van der Waals surface area contributed by atoms with E-state index < -0.39 is 0 Å². The minimum atomic E-state index is 0.141. The summed E-state index contributed by atoms with van der Waals surface area (Å²) in [6, 6.07) is 10.1. The van der Waals surface area contributed by atoms with Crippen LogP contribution in [-0.4, -0.2) is 16.3 Å². The fourth-order valence-electron chi connectivity index (χ4n) is 2.33. The zero-order valence-electron chi connectivity index (χ0n) is 9.60. The molecule has 1 atom stereocenters. The SMILES string of the molecule is N#Cc1cnn2c1NCCC2c1cccc(Cl)c1. The predicted molar refractivity (Wildman–Crippen MR) is 69.6 cm³/mol. The van der Waals surface area contributed by atoms with E-state index in [2.05, 4.69) is 16.5 Å². The van der Waals surface area contributed by atoms with Gasteiger partial charge in [0.2, 0.25) is 0 Å². The van der Waals surface area contributed by atoms with Crippen molar-refractivity contribution in [1.82, 2.24) is 9.78 Å². The first kappa shape index (κ1) is 11.1. The van der Waals surface area contributed by atoms with Crippen molar-refractivity contribution in [2.24, 2.45) is 0 Å². The van der Waals surface area contributed by atoms with E-state index in [1.165, 1.54) is 0 Å². The second kappa shape index (κ2) is 4.35. The van der Waals surface area contributed by atoms with Crippen molar-refractivity contribution >= 4 is 17.4 Å². The average Bonchev–Trinajstić information content (AvgIpc) is 2.81. The van der Waals surface area contributed by atoms with Gasteiger partial charge in [0, 0.05) is 11.6 Å². The van der Waals surface area contributed by atoms with Gasteiger partial charge in [0.15, 0.2) is 0 Å². The Labute approximate surface area is 110 Å². The lowest BCUT2D eigenvalue weighted by Gasteiger charge is -2.26. The Balaban J connectivity index is 2.07. The summed E-state index contributed by atoms with van der Waals surface area (Å²) >= 11 is 6.03. The smallest absolute Gasteiger partial charge is 0.143 e. The highest BCUT2D eigenvalue weighted by molar-refractivity contribution is 6.30.